The van der Waals surface area contributed by atoms with E-state index in [0.717, 1.165) is 19.6 Å². The predicted octanol–water partition coefficient (Wildman–Crippen LogP) is 1.20. The molecule has 8 heteroatoms. The van der Waals surface area contributed by atoms with E-state index < -0.39 is 7.60 Å². The fraction of sp³-hybridized carbons (Fsp3) is 0.625. The maximum atomic E-state index is 11.1. The molecule has 138 valence electrons. The zero-order valence-electron chi connectivity index (χ0n) is 14.6. The van der Waals surface area contributed by atoms with Crippen molar-refractivity contribution in [3.05, 3.63) is 29.3 Å². The van der Waals surface area contributed by atoms with Crippen LogP contribution in [0.25, 0.3) is 0 Å². The van der Waals surface area contributed by atoms with Crippen molar-refractivity contribution in [1.82, 2.24) is 9.80 Å². The van der Waals surface area contributed by atoms with Gasteiger partial charge >= 0.3 is 7.60 Å². The standard InChI is InChI=1S/C16H29N2O5P/c1-4-18(8-7-17(3)10-13(2)19)11-15-9-14(5-6-16(15)20)12-24(21,22)23/h5-6,9,13,19-20H,4,7-8,10-12H2,1-3H3,(H2,21,22,23)/t13-/m0/s1. The molecule has 4 N–H and O–H groups in total. The van der Waals surface area contributed by atoms with Gasteiger partial charge in [-0.05, 0) is 32.1 Å². The van der Waals surface area contributed by atoms with Crippen LogP contribution in [0.2, 0.25) is 0 Å². The lowest BCUT2D eigenvalue weighted by Crippen LogP contribution is -2.35. The van der Waals surface area contributed by atoms with Gasteiger partial charge in [0.25, 0.3) is 0 Å². The van der Waals surface area contributed by atoms with E-state index in [-0.39, 0.29) is 18.0 Å². The van der Waals surface area contributed by atoms with E-state index in [2.05, 4.69) is 4.90 Å². The molecule has 0 bridgehead atoms. The zero-order valence-corrected chi connectivity index (χ0v) is 15.5. The number of nitrogens with zero attached hydrogens (tertiary/aromatic N) is 2. The first-order valence-electron chi connectivity index (χ1n) is 8.05. The number of phenols is 1. The molecule has 0 amide bonds. The maximum Gasteiger partial charge on any atom is 0.329 e. The summed E-state index contributed by atoms with van der Waals surface area (Å²) in [7, 11) is -2.19. The van der Waals surface area contributed by atoms with Crippen LogP contribution in [0.4, 0.5) is 0 Å². The Kier molecular flexibility index (Phi) is 8.36. The van der Waals surface area contributed by atoms with Crippen LogP contribution < -0.4 is 0 Å². The summed E-state index contributed by atoms with van der Waals surface area (Å²) in [6.07, 6.45) is -0.706. The largest absolute Gasteiger partial charge is 0.508 e. The Morgan fingerprint density at radius 2 is 1.92 bits per heavy atom. The van der Waals surface area contributed by atoms with E-state index in [0.29, 0.717) is 24.2 Å². The molecular weight excluding hydrogens is 331 g/mol. The second-order valence-corrected chi connectivity index (χ2v) is 7.91. The van der Waals surface area contributed by atoms with Gasteiger partial charge in [-0.2, -0.15) is 0 Å². The van der Waals surface area contributed by atoms with E-state index in [9.17, 15) is 14.8 Å². The van der Waals surface area contributed by atoms with Crippen molar-refractivity contribution in [3.63, 3.8) is 0 Å². The molecule has 0 spiro atoms. The smallest absolute Gasteiger partial charge is 0.329 e. The van der Waals surface area contributed by atoms with Gasteiger partial charge in [0.2, 0.25) is 0 Å². The van der Waals surface area contributed by atoms with Gasteiger partial charge in [-0.1, -0.05) is 19.1 Å². The first-order chi connectivity index (χ1) is 11.1. The Bertz CT molecular complexity index is 561. The molecule has 0 radical (unpaired) electrons. The van der Waals surface area contributed by atoms with Gasteiger partial charge in [-0.3, -0.25) is 9.46 Å². The average Bonchev–Trinajstić information content (AvgIpc) is 2.44. The molecule has 24 heavy (non-hydrogen) atoms. The van der Waals surface area contributed by atoms with Crippen molar-refractivity contribution in [2.45, 2.75) is 32.7 Å². The third-order valence-electron chi connectivity index (χ3n) is 3.75. The minimum absolute atomic E-state index is 0.125. The molecule has 0 fully saturated rings. The van der Waals surface area contributed by atoms with E-state index in [1.165, 1.54) is 12.1 Å². The first-order valence-corrected chi connectivity index (χ1v) is 9.84. The van der Waals surface area contributed by atoms with Gasteiger partial charge in [0.1, 0.15) is 5.75 Å². The maximum absolute atomic E-state index is 11.1. The molecule has 0 aliphatic carbocycles. The lowest BCUT2D eigenvalue weighted by Gasteiger charge is -2.25. The normalized spacial score (nSPS) is 13.7. The minimum atomic E-state index is -4.13. The Morgan fingerprint density at radius 3 is 2.46 bits per heavy atom. The second kappa shape index (κ2) is 9.51. The van der Waals surface area contributed by atoms with E-state index >= 15 is 0 Å². The SMILES string of the molecule is CCN(CCN(C)C[C@H](C)O)Cc1cc(CP(=O)(O)O)ccc1O. The minimum Gasteiger partial charge on any atom is -0.508 e. The van der Waals surface area contributed by atoms with Crippen LogP contribution >= 0.6 is 7.60 Å². The Hall–Kier alpha value is -0.950. The summed E-state index contributed by atoms with van der Waals surface area (Å²) in [6.45, 7) is 7.19. The lowest BCUT2D eigenvalue weighted by molar-refractivity contribution is 0.131. The van der Waals surface area contributed by atoms with E-state index in [4.69, 9.17) is 9.79 Å². The summed E-state index contributed by atoms with van der Waals surface area (Å²) < 4.78 is 11.1. The summed E-state index contributed by atoms with van der Waals surface area (Å²) in [5.41, 5.74) is 1.17. The molecule has 7 nitrogen and oxygen atoms in total. The van der Waals surface area contributed by atoms with Crippen molar-refractivity contribution in [3.8, 4) is 5.75 Å². The second-order valence-electron chi connectivity index (χ2n) is 6.27. The van der Waals surface area contributed by atoms with Gasteiger partial charge in [-0.25, -0.2) is 0 Å². The molecule has 0 unspecified atom stereocenters. The number of likely N-dealkylation sites (N-methyl/N-ethyl adjacent to an activating group) is 2. The van der Waals surface area contributed by atoms with Gasteiger partial charge in [-0.15, -0.1) is 0 Å². The highest BCUT2D eigenvalue weighted by Crippen LogP contribution is 2.39. The molecule has 0 heterocycles. The third-order valence-corrected chi connectivity index (χ3v) is 4.52. The lowest BCUT2D eigenvalue weighted by atomic mass is 10.1. The Balaban J connectivity index is 2.70. The summed E-state index contributed by atoms with van der Waals surface area (Å²) in [6, 6.07) is 4.66. The fourth-order valence-electron chi connectivity index (χ4n) is 2.55. The summed E-state index contributed by atoms with van der Waals surface area (Å²) in [5.74, 6) is 0.125. The Morgan fingerprint density at radius 1 is 1.25 bits per heavy atom. The highest BCUT2D eigenvalue weighted by molar-refractivity contribution is 7.50. The summed E-state index contributed by atoms with van der Waals surface area (Å²) in [5, 5.41) is 19.4. The summed E-state index contributed by atoms with van der Waals surface area (Å²) >= 11 is 0. The number of aromatic hydroxyl groups is 1. The number of benzene rings is 1. The van der Waals surface area contributed by atoms with Crippen LogP contribution in [-0.4, -0.2) is 69.1 Å². The predicted molar refractivity (Wildman–Crippen MR) is 94.0 cm³/mol. The molecule has 1 atom stereocenters. The van der Waals surface area contributed by atoms with Crippen LogP contribution in [0, 0.1) is 0 Å². The van der Waals surface area contributed by atoms with Gasteiger partial charge < -0.3 is 24.9 Å². The van der Waals surface area contributed by atoms with Crippen molar-refractivity contribution in [1.29, 1.82) is 0 Å². The molecule has 0 saturated heterocycles. The highest BCUT2D eigenvalue weighted by Gasteiger charge is 2.16. The molecule has 1 aromatic rings. The highest BCUT2D eigenvalue weighted by atomic mass is 31.2. The quantitative estimate of drug-likeness (QED) is 0.465. The van der Waals surface area contributed by atoms with Crippen molar-refractivity contribution >= 4 is 7.60 Å². The zero-order chi connectivity index (χ0) is 18.3. The number of hydrogen-bond donors (Lipinski definition) is 4. The van der Waals surface area contributed by atoms with Crippen molar-refractivity contribution < 1.29 is 24.6 Å². The van der Waals surface area contributed by atoms with E-state index in [1.807, 2.05) is 18.9 Å². The molecule has 1 aromatic carbocycles. The average molecular weight is 360 g/mol. The van der Waals surface area contributed by atoms with Gasteiger partial charge in [0.15, 0.2) is 0 Å². The monoisotopic (exact) mass is 360 g/mol. The molecule has 1 rings (SSSR count). The molecular formula is C16H29N2O5P. The van der Waals surface area contributed by atoms with Crippen molar-refractivity contribution in [2.24, 2.45) is 0 Å². The van der Waals surface area contributed by atoms with Gasteiger partial charge in [0, 0.05) is 31.7 Å². The van der Waals surface area contributed by atoms with Crippen LogP contribution in [0.5, 0.6) is 5.75 Å². The van der Waals surface area contributed by atoms with Crippen LogP contribution in [-0.2, 0) is 17.3 Å². The number of aliphatic hydroxyl groups excluding tert-OH is 1. The molecule has 0 aliphatic rings. The third kappa shape index (κ3) is 8.24. The topological polar surface area (TPSA) is 104 Å². The fourth-order valence-corrected chi connectivity index (χ4v) is 3.22. The number of rotatable bonds is 10. The Labute approximate surface area is 143 Å². The number of hydrogen-bond acceptors (Lipinski definition) is 5. The van der Waals surface area contributed by atoms with Crippen LogP contribution in [0.3, 0.4) is 0 Å². The molecule has 0 aromatic heterocycles. The number of phenolic OH excluding ortho intramolecular Hbond substituents is 1. The first kappa shape index (κ1) is 21.1. The van der Waals surface area contributed by atoms with E-state index in [1.54, 1.807) is 13.0 Å². The van der Waals surface area contributed by atoms with Gasteiger partial charge in [0.05, 0.1) is 12.3 Å². The molecule has 0 saturated carbocycles. The molecule has 0 aliphatic heterocycles. The van der Waals surface area contributed by atoms with Crippen LogP contribution in [0.15, 0.2) is 18.2 Å². The summed E-state index contributed by atoms with van der Waals surface area (Å²) in [4.78, 5) is 22.4. The van der Waals surface area contributed by atoms with Crippen molar-refractivity contribution in [2.75, 3.05) is 33.2 Å². The number of aliphatic hydroxyl groups is 1. The van der Waals surface area contributed by atoms with Crippen LogP contribution in [0.1, 0.15) is 25.0 Å².